The van der Waals surface area contributed by atoms with Crippen molar-refractivity contribution in [2.75, 3.05) is 0 Å². The molecule has 0 unspecified atom stereocenters. The maximum atomic E-state index is 12.0. The fourth-order valence-corrected chi connectivity index (χ4v) is 2.55. The quantitative estimate of drug-likeness (QED) is 0.617. The number of carbonyl (C=O) groups is 3. The third-order valence-corrected chi connectivity index (χ3v) is 3.39. The van der Waals surface area contributed by atoms with Crippen molar-refractivity contribution in [2.24, 2.45) is 0 Å². The number of hydrogen-bond donors (Lipinski definition) is 2. The van der Waals surface area contributed by atoms with Gasteiger partial charge in [0.15, 0.2) is 18.4 Å². The molecule has 0 radical (unpaired) electrons. The largest absolute Gasteiger partial charge is 0.481 e. The molecule has 136 valence electrons. The Labute approximate surface area is 140 Å². The number of nitrogens with zero attached hydrogens (tertiary/aromatic N) is 1. The van der Waals surface area contributed by atoms with Gasteiger partial charge in [0.2, 0.25) is 0 Å². The molecular weight excluding hydrogens is 340 g/mol. The highest BCUT2D eigenvalue weighted by atomic mass is 16.6. The third kappa shape index (κ3) is 4.32. The van der Waals surface area contributed by atoms with Crippen molar-refractivity contribution in [3.8, 4) is 0 Å². The van der Waals surface area contributed by atoms with Crippen LogP contribution in [0.4, 0.5) is 0 Å². The van der Waals surface area contributed by atoms with Crippen LogP contribution < -0.4 is 11.2 Å². The minimum absolute atomic E-state index is 0.551. The van der Waals surface area contributed by atoms with Crippen molar-refractivity contribution in [3.05, 3.63) is 33.1 Å². The van der Waals surface area contributed by atoms with E-state index in [4.69, 9.17) is 19.3 Å². The number of nitrogens with one attached hydrogen (secondary N) is 1. The van der Waals surface area contributed by atoms with E-state index in [2.05, 4.69) is 0 Å². The SMILES string of the molecule is CC(=O)O[C@@H]1[C@H](OC(C)=O)[C@@H](CC(=O)O)O[C@H]1n1ccc(=O)[nH]c1=O. The zero-order valence-electron chi connectivity index (χ0n) is 13.3. The average molecular weight is 356 g/mol. The number of aliphatic carboxylic acids is 1. The number of aromatic amines is 1. The van der Waals surface area contributed by atoms with Crippen LogP contribution in [0.5, 0.6) is 0 Å². The minimum atomic E-state index is -1.28. The summed E-state index contributed by atoms with van der Waals surface area (Å²) in [4.78, 5) is 58.9. The smallest absolute Gasteiger partial charge is 0.330 e. The van der Waals surface area contributed by atoms with Gasteiger partial charge in [-0.05, 0) is 0 Å². The van der Waals surface area contributed by atoms with Gasteiger partial charge in [-0.15, -0.1) is 0 Å². The van der Waals surface area contributed by atoms with Crippen molar-refractivity contribution in [1.82, 2.24) is 9.55 Å². The summed E-state index contributed by atoms with van der Waals surface area (Å²) < 4.78 is 16.6. The van der Waals surface area contributed by atoms with Gasteiger partial charge < -0.3 is 19.3 Å². The fraction of sp³-hybridized carbons (Fsp3) is 0.500. The molecule has 1 aromatic rings. The van der Waals surface area contributed by atoms with E-state index in [1.807, 2.05) is 4.98 Å². The van der Waals surface area contributed by atoms with E-state index in [1.54, 1.807) is 0 Å². The van der Waals surface area contributed by atoms with Crippen molar-refractivity contribution in [3.63, 3.8) is 0 Å². The highest BCUT2D eigenvalue weighted by Gasteiger charge is 2.50. The van der Waals surface area contributed by atoms with Gasteiger partial charge in [0, 0.05) is 26.1 Å². The van der Waals surface area contributed by atoms with Crippen LogP contribution in [0.1, 0.15) is 26.5 Å². The van der Waals surface area contributed by atoms with E-state index in [0.29, 0.717) is 0 Å². The van der Waals surface area contributed by atoms with Crippen LogP contribution in [0.3, 0.4) is 0 Å². The molecule has 2 heterocycles. The molecule has 0 aromatic carbocycles. The Balaban J connectivity index is 2.46. The Bertz CT molecular complexity index is 796. The molecular formula is C14H16N2O9. The van der Waals surface area contributed by atoms with Crippen molar-refractivity contribution in [1.29, 1.82) is 0 Å². The monoisotopic (exact) mass is 356 g/mol. The van der Waals surface area contributed by atoms with E-state index < -0.39 is 60.1 Å². The van der Waals surface area contributed by atoms with Crippen molar-refractivity contribution in [2.45, 2.75) is 44.8 Å². The summed E-state index contributed by atoms with van der Waals surface area (Å²) in [6.45, 7) is 2.20. The number of rotatable bonds is 5. The number of carboxylic acid groups (broad SMARTS) is 1. The highest BCUT2D eigenvalue weighted by molar-refractivity contribution is 5.69. The number of ether oxygens (including phenoxy) is 3. The predicted molar refractivity (Wildman–Crippen MR) is 78.6 cm³/mol. The molecule has 11 nitrogen and oxygen atoms in total. The van der Waals surface area contributed by atoms with E-state index in [9.17, 15) is 24.0 Å². The molecule has 25 heavy (non-hydrogen) atoms. The topological polar surface area (TPSA) is 154 Å². The zero-order valence-corrected chi connectivity index (χ0v) is 13.3. The Morgan fingerprint density at radius 1 is 1.20 bits per heavy atom. The standard InChI is InChI=1S/C14H16N2O9/c1-6(17)23-11-8(5-10(20)21)25-13(12(11)24-7(2)18)16-4-3-9(19)15-14(16)22/h3-4,8,11-13H,5H2,1-2H3,(H,20,21)(H,15,19,22)/t8-,11-,12-,13-/m1/s1. The Morgan fingerprint density at radius 3 is 2.32 bits per heavy atom. The number of carbonyl (C=O) groups excluding carboxylic acids is 2. The molecule has 1 aliphatic heterocycles. The summed E-state index contributed by atoms with van der Waals surface area (Å²) in [5.74, 6) is -2.72. The molecule has 1 saturated heterocycles. The summed E-state index contributed by atoms with van der Waals surface area (Å²) in [6.07, 6.45) is -4.38. The van der Waals surface area contributed by atoms with Gasteiger partial charge in [-0.2, -0.15) is 0 Å². The Hall–Kier alpha value is -2.95. The molecule has 1 aliphatic rings. The maximum absolute atomic E-state index is 12.0. The van der Waals surface area contributed by atoms with Gasteiger partial charge in [-0.3, -0.25) is 28.7 Å². The molecule has 1 fully saturated rings. The van der Waals surface area contributed by atoms with E-state index >= 15 is 0 Å². The van der Waals surface area contributed by atoms with E-state index in [-0.39, 0.29) is 0 Å². The summed E-state index contributed by atoms with van der Waals surface area (Å²) in [7, 11) is 0. The minimum Gasteiger partial charge on any atom is -0.481 e. The van der Waals surface area contributed by atoms with Gasteiger partial charge >= 0.3 is 23.6 Å². The van der Waals surface area contributed by atoms with Crippen LogP contribution in [0, 0.1) is 0 Å². The molecule has 0 bridgehead atoms. The maximum Gasteiger partial charge on any atom is 0.330 e. The number of carboxylic acids is 1. The first-order valence-electron chi connectivity index (χ1n) is 7.22. The van der Waals surface area contributed by atoms with Crippen molar-refractivity contribution < 1.29 is 33.7 Å². The van der Waals surface area contributed by atoms with Crippen LogP contribution in [-0.2, 0) is 28.6 Å². The van der Waals surface area contributed by atoms with Crippen LogP contribution in [-0.4, -0.2) is 50.9 Å². The Kier molecular flexibility index (Phi) is 5.37. The second-order valence-electron chi connectivity index (χ2n) is 5.33. The lowest BCUT2D eigenvalue weighted by Gasteiger charge is -2.23. The van der Waals surface area contributed by atoms with Crippen molar-refractivity contribution >= 4 is 17.9 Å². The molecule has 0 saturated carbocycles. The van der Waals surface area contributed by atoms with Crippen LogP contribution >= 0.6 is 0 Å². The van der Waals surface area contributed by atoms with Gasteiger partial charge in [-0.1, -0.05) is 0 Å². The average Bonchev–Trinajstić information content (AvgIpc) is 2.75. The van der Waals surface area contributed by atoms with Gasteiger partial charge in [0.25, 0.3) is 5.56 Å². The molecule has 1 aromatic heterocycles. The molecule has 11 heteroatoms. The molecule has 4 atom stereocenters. The lowest BCUT2D eigenvalue weighted by Crippen LogP contribution is -2.41. The lowest BCUT2D eigenvalue weighted by molar-refractivity contribution is -0.166. The number of aromatic nitrogens is 2. The normalized spacial score (nSPS) is 25.4. The Morgan fingerprint density at radius 2 is 1.80 bits per heavy atom. The van der Waals surface area contributed by atoms with Gasteiger partial charge in [0.05, 0.1) is 6.42 Å². The molecule has 2 rings (SSSR count). The number of hydrogen-bond acceptors (Lipinski definition) is 8. The summed E-state index contributed by atoms with van der Waals surface area (Å²) in [5, 5.41) is 9.00. The first kappa shape index (κ1) is 18.4. The molecule has 0 aliphatic carbocycles. The van der Waals surface area contributed by atoms with E-state index in [1.165, 1.54) is 0 Å². The van der Waals surface area contributed by atoms with Gasteiger partial charge in [-0.25, -0.2) is 4.79 Å². The predicted octanol–water partition coefficient (Wildman–Crippen LogP) is -1.23. The van der Waals surface area contributed by atoms with Crippen LogP contribution in [0.15, 0.2) is 21.9 Å². The number of esters is 2. The third-order valence-electron chi connectivity index (χ3n) is 3.39. The highest BCUT2D eigenvalue weighted by Crippen LogP contribution is 2.34. The zero-order chi connectivity index (χ0) is 18.7. The number of H-pyrrole nitrogens is 1. The molecule has 0 amide bonds. The van der Waals surface area contributed by atoms with Crippen LogP contribution in [0.2, 0.25) is 0 Å². The molecule has 2 N–H and O–H groups in total. The fourth-order valence-electron chi connectivity index (χ4n) is 2.55. The second kappa shape index (κ2) is 7.30. The first-order chi connectivity index (χ1) is 11.7. The lowest BCUT2D eigenvalue weighted by atomic mass is 10.1. The summed E-state index contributed by atoms with van der Waals surface area (Å²) in [6, 6.07) is 1.04. The second-order valence-corrected chi connectivity index (χ2v) is 5.33. The van der Waals surface area contributed by atoms with E-state index in [0.717, 1.165) is 30.7 Å². The summed E-state index contributed by atoms with van der Waals surface area (Å²) >= 11 is 0. The summed E-state index contributed by atoms with van der Waals surface area (Å²) in [5.41, 5.74) is -1.51. The van der Waals surface area contributed by atoms with Gasteiger partial charge in [0.1, 0.15) is 6.10 Å². The first-order valence-corrected chi connectivity index (χ1v) is 7.22. The van der Waals surface area contributed by atoms with Crippen LogP contribution in [0.25, 0.3) is 0 Å². The molecule has 0 spiro atoms.